The molecular weight excluding hydrogens is 290 g/mol. The predicted molar refractivity (Wildman–Crippen MR) is 88.1 cm³/mol. The molecule has 0 saturated carbocycles. The first-order valence-corrected chi connectivity index (χ1v) is 8.25. The number of aromatic nitrogens is 4. The molecule has 0 amide bonds. The van der Waals surface area contributed by atoms with Gasteiger partial charge in [-0.05, 0) is 12.1 Å². The zero-order chi connectivity index (χ0) is 15.6. The van der Waals surface area contributed by atoms with E-state index in [4.69, 9.17) is 0 Å². The van der Waals surface area contributed by atoms with E-state index >= 15 is 0 Å². The summed E-state index contributed by atoms with van der Waals surface area (Å²) in [6.45, 7) is 7.58. The van der Waals surface area contributed by atoms with Crippen LogP contribution >= 0.6 is 0 Å². The molecule has 0 N–H and O–H groups in total. The predicted octanol–water partition coefficient (Wildman–Crippen LogP) is 0.217. The van der Waals surface area contributed by atoms with Crippen LogP contribution in [0.25, 0.3) is 0 Å². The van der Waals surface area contributed by atoms with E-state index in [2.05, 4.69) is 42.0 Å². The average Bonchev–Trinajstić information content (AvgIpc) is 2.97. The fourth-order valence-corrected chi connectivity index (χ4v) is 3.45. The molecular formula is C16H23N7. The second-order valence-electron chi connectivity index (χ2n) is 6.38. The van der Waals surface area contributed by atoms with E-state index in [0.717, 1.165) is 57.3 Å². The molecule has 0 aromatic carbocycles. The molecule has 2 aromatic heterocycles. The van der Waals surface area contributed by atoms with Crippen LogP contribution in [0.4, 0.5) is 5.82 Å². The Morgan fingerprint density at radius 3 is 2.61 bits per heavy atom. The number of rotatable bonds is 4. The molecule has 0 bridgehead atoms. The van der Waals surface area contributed by atoms with Crippen LogP contribution in [0.5, 0.6) is 0 Å². The molecule has 122 valence electrons. The Labute approximate surface area is 136 Å². The van der Waals surface area contributed by atoms with Crippen LogP contribution < -0.4 is 4.90 Å². The molecule has 2 fully saturated rings. The van der Waals surface area contributed by atoms with Gasteiger partial charge in [-0.1, -0.05) is 6.07 Å². The Kier molecular flexibility index (Phi) is 3.97. The normalized spacial score (nSPS) is 20.7. The number of likely N-dealkylation sites (tertiary alicyclic amines) is 1. The molecule has 0 atom stereocenters. The number of nitrogens with zero attached hydrogens (tertiary/aromatic N) is 7. The lowest BCUT2D eigenvalue weighted by Crippen LogP contribution is -2.62. The van der Waals surface area contributed by atoms with Crippen LogP contribution in [-0.2, 0) is 13.6 Å². The molecule has 0 spiro atoms. The second kappa shape index (κ2) is 6.25. The molecule has 2 saturated heterocycles. The van der Waals surface area contributed by atoms with Crippen molar-refractivity contribution in [2.45, 2.75) is 12.6 Å². The highest BCUT2D eigenvalue weighted by Gasteiger charge is 2.33. The highest BCUT2D eigenvalue weighted by Crippen LogP contribution is 2.20. The van der Waals surface area contributed by atoms with Crippen LogP contribution in [0.15, 0.2) is 30.6 Å². The summed E-state index contributed by atoms with van der Waals surface area (Å²) in [4.78, 5) is 13.5. The quantitative estimate of drug-likeness (QED) is 0.805. The standard InChI is InChI=1S/C16H23N7/c1-20-18-10-14(19-20)11-21-12-15(13-21)22-6-8-23(9-7-22)16-4-2-3-5-17-16/h2-5,10,15H,6-9,11-13H2,1H3. The van der Waals surface area contributed by atoms with E-state index < -0.39 is 0 Å². The molecule has 2 aliphatic rings. The van der Waals surface area contributed by atoms with Crippen LogP contribution in [0.1, 0.15) is 5.69 Å². The van der Waals surface area contributed by atoms with Gasteiger partial charge in [0.1, 0.15) is 5.82 Å². The minimum absolute atomic E-state index is 0.692. The monoisotopic (exact) mass is 313 g/mol. The highest BCUT2D eigenvalue weighted by atomic mass is 15.5. The average molecular weight is 313 g/mol. The van der Waals surface area contributed by atoms with Crippen molar-refractivity contribution in [1.29, 1.82) is 0 Å². The van der Waals surface area contributed by atoms with E-state index in [1.165, 1.54) is 0 Å². The van der Waals surface area contributed by atoms with E-state index in [1.807, 2.05) is 25.5 Å². The molecule has 0 unspecified atom stereocenters. The van der Waals surface area contributed by atoms with Crippen molar-refractivity contribution in [3.8, 4) is 0 Å². The Bertz CT molecular complexity index is 627. The van der Waals surface area contributed by atoms with Crippen molar-refractivity contribution in [2.24, 2.45) is 7.05 Å². The summed E-state index contributed by atoms with van der Waals surface area (Å²) in [5.74, 6) is 1.10. The summed E-state index contributed by atoms with van der Waals surface area (Å²) < 4.78 is 0. The molecule has 4 rings (SSSR count). The maximum Gasteiger partial charge on any atom is 0.128 e. The summed E-state index contributed by atoms with van der Waals surface area (Å²) in [6.07, 6.45) is 3.73. The second-order valence-corrected chi connectivity index (χ2v) is 6.38. The topological polar surface area (TPSA) is 53.3 Å². The minimum Gasteiger partial charge on any atom is -0.354 e. The summed E-state index contributed by atoms with van der Waals surface area (Å²) >= 11 is 0. The fourth-order valence-electron chi connectivity index (χ4n) is 3.45. The van der Waals surface area contributed by atoms with Crippen LogP contribution in [0, 0.1) is 0 Å². The van der Waals surface area contributed by atoms with Gasteiger partial charge in [0.15, 0.2) is 0 Å². The van der Waals surface area contributed by atoms with E-state index in [1.54, 1.807) is 4.80 Å². The first-order valence-electron chi connectivity index (χ1n) is 8.25. The summed E-state index contributed by atoms with van der Waals surface area (Å²) in [6, 6.07) is 6.82. The SMILES string of the molecule is Cn1ncc(CN2CC(N3CCN(c4ccccn4)CC3)C2)n1. The number of pyridine rings is 1. The molecule has 7 nitrogen and oxygen atoms in total. The van der Waals surface area contributed by atoms with Gasteiger partial charge in [-0.2, -0.15) is 15.0 Å². The van der Waals surface area contributed by atoms with Crippen LogP contribution in [0.2, 0.25) is 0 Å². The molecule has 7 heteroatoms. The lowest BCUT2D eigenvalue weighted by molar-refractivity contribution is 0.0247. The summed E-state index contributed by atoms with van der Waals surface area (Å²) in [5.41, 5.74) is 1.06. The van der Waals surface area contributed by atoms with Crippen molar-refractivity contribution in [1.82, 2.24) is 29.8 Å². The number of aryl methyl sites for hydroxylation is 1. The van der Waals surface area contributed by atoms with E-state index in [-0.39, 0.29) is 0 Å². The zero-order valence-electron chi connectivity index (χ0n) is 13.5. The first-order chi connectivity index (χ1) is 11.3. The maximum atomic E-state index is 4.45. The molecule has 4 heterocycles. The Morgan fingerprint density at radius 1 is 1.13 bits per heavy atom. The fraction of sp³-hybridized carbons (Fsp3) is 0.562. The molecule has 23 heavy (non-hydrogen) atoms. The lowest BCUT2D eigenvalue weighted by Gasteiger charge is -2.48. The molecule has 0 aliphatic carbocycles. The van der Waals surface area contributed by atoms with Crippen molar-refractivity contribution in [3.05, 3.63) is 36.3 Å². The van der Waals surface area contributed by atoms with Gasteiger partial charge in [0.05, 0.1) is 11.9 Å². The van der Waals surface area contributed by atoms with Crippen molar-refractivity contribution in [2.75, 3.05) is 44.2 Å². The van der Waals surface area contributed by atoms with Crippen molar-refractivity contribution >= 4 is 5.82 Å². The first kappa shape index (κ1) is 14.6. The number of anilines is 1. The third kappa shape index (κ3) is 3.20. The largest absolute Gasteiger partial charge is 0.354 e. The maximum absolute atomic E-state index is 4.45. The number of hydrogen-bond acceptors (Lipinski definition) is 6. The smallest absolute Gasteiger partial charge is 0.128 e. The third-order valence-corrected chi connectivity index (χ3v) is 4.77. The Hall–Kier alpha value is -1.99. The molecule has 2 aliphatic heterocycles. The van der Waals surface area contributed by atoms with Gasteiger partial charge in [-0.25, -0.2) is 4.98 Å². The van der Waals surface area contributed by atoms with Crippen LogP contribution in [0.3, 0.4) is 0 Å². The third-order valence-electron chi connectivity index (χ3n) is 4.77. The van der Waals surface area contributed by atoms with Gasteiger partial charge in [-0.3, -0.25) is 9.80 Å². The number of piperazine rings is 1. The number of hydrogen-bond donors (Lipinski definition) is 0. The van der Waals surface area contributed by atoms with Crippen molar-refractivity contribution in [3.63, 3.8) is 0 Å². The molecule has 2 aromatic rings. The van der Waals surface area contributed by atoms with Crippen LogP contribution in [-0.4, -0.2) is 75.1 Å². The van der Waals surface area contributed by atoms with Gasteiger partial charge >= 0.3 is 0 Å². The zero-order valence-corrected chi connectivity index (χ0v) is 13.5. The molecule has 0 radical (unpaired) electrons. The van der Waals surface area contributed by atoms with E-state index in [0.29, 0.717) is 6.04 Å². The van der Waals surface area contributed by atoms with Gasteiger partial charge in [0, 0.05) is 65.1 Å². The van der Waals surface area contributed by atoms with Gasteiger partial charge in [-0.15, -0.1) is 0 Å². The minimum atomic E-state index is 0.692. The summed E-state index contributed by atoms with van der Waals surface area (Å²) in [7, 11) is 1.86. The highest BCUT2D eigenvalue weighted by molar-refractivity contribution is 5.38. The van der Waals surface area contributed by atoms with Gasteiger partial charge in [0.2, 0.25) is 0 Å². The Balaban J connectivity index is 1.23. The Morgan fingerprint density at radius 2 is 1.96 bits per heavy atom. The van der Waals surface area contributed by atoms with Gasteiger partial charge < -0.3 is 4.90 Å². The summed E-state index contributed by atoms with van der Waals surface area (Å²) in [5, 5.41) is 8.48. The lowest BCUT2D eigenvalue weighted by atomic mass is 10.1. The van der Waals surface area contributed by atoms with E-state index in [9.17, 15) is 0 Å². The van der Waals surface area contributed by atoms with Gasteiger partial charge in [0.25, 0.3) is 0 Å². The van der Waals surface area contributed by atoms with Crippen molar-refractivity contribution < 1.29 is 0 Å².